The Kier molecular flexibility index (Phi) is 4.01. The monoisotopic (exact) mass is 302 g/mol. The first-order valence-corrected chi connectivity index (χ1v) is 7.53. The Morgan fingerprint density at radius 1 is 1.29 bits per heavy atom. The number of hydrogen-bond acceptors (Lipinski definition) is 3. The van der Waals surface area contributed by atoms with Gasteiger partial charge in [-0.15, -0.1) is 0 Å². The Bertz CT molecular complexity index is 490. The van der Waals surface area contributed by atoms with Gasteiger partial charge in [0.15, 0.2) is 0 Å². The second-order valence-electron chi connectivity index (χ2n) is 6.23. The van der Waals surface area contributed by atoms with E-state index in [0.717, 1.165) is 24.2 Å². The lowest BCUT2D eigenvalue weighted by Gasteiger charge is -2.22. The molecule has 1 heterocycles. The van der Waals surface area contributed by atoms with Gasteiger partial charge in [-0.05, 0) is 44.2 Å². The molecular weight excluding hydrogens is 281 g/mol. The molecule has 2 aliphatic rings. The smallest absolute Gasteiger partial charge is 0.401 e. The minimum atomic E-state index is -4.15. The van der Waals surface area contributed by atoms with Crippen LogP contribution in [0, 0.1) is 6.92 Å². The first kappa shape index (κ1) is 14.9. The number of nitrogens with one attached hydrogen (secondary N) is 1. The quantitative estimate of drug-likeness (QED) is 0.837. The Hall–Kier alpha value is -1.01. The second kappa shape index (κ2) is 5.65. The molecule has 118 valence electrons. The van der Waals surface area contributed by atoms with E-state index in [-0.39, 0.29) is 12.6 Å². The van der Waals surface area contributed by atoms with Crippen molar-refractivity contribution in [2.75, 3.05) is 6.54 Å². The van der Waals surface area contributed by atoms with E-state index in [9.17, 15) is 13.2 Å². The van der Waals surface area contributed by atoms with Gasteiger partial charge in [0.25, 0.3) is 0 Å². The summed E-state index contributed by atoms with van der Waals surface area (Å²) in [5.41, 5.74) is 1.01. The largest absolute Gasteiger partial charge is 0.463 e. The minimum Gasteiger partial charge on any atom is -0.463 e. The zero-order valence-corrected chi connectivity index (χ0v) is 12.2. The van der Waals surface area contributed by atoms with Gasteiger partial charge in [0.1, 0.15) is 11.5 Å². The Balaban J connectivity index is 1.60. The molecule has 3 nitrogen and oxygen atoms in total. The van der Waals surface area contributed by atoms with Crippen LogP contribution in [0.15, 0.2) is 10.5 Å². The van der Waals surface area contributed by atoms with Crippen molar-refractivity contribution in [3.8, 4) is 0 Å². The summed E-state index contributed by atoms with van der Waals surface area (Å²) in [5.74, 6) is 1.48. The summed E-state index contributed by atoms with van der Waals surface area (Å²) in [6, 6.07) is 2.52. The molecule has 1 N–H and O–H groups in total. The van der Waals surface area contributed by atoms with Gasteiger partial charge in [-0.2, -0.15) is 13.2 Å². The SMILES string of the molecule is Cc1cc(CN(CC(F)(F)F)C2CC2)oc1CNC1CC1. The van der Waals surface area contributed by atoms with Crippen molar-refractivity contribution in [1.82, 2.24) is 10.2 Å². The lowest BCUT2D eigenvalue weighted by molar-refractivity contribution is -0.148. The van der Waals surface area contributed by atoms with Crippen LogP contribution in [0.3, 0.4) is 0 Å². The van der Waals surface area contributed by atoms with Crippen LogP contribution >= 0.6 is 0 Å². The first-order valence-electron chi connectivity index (χ1n) is 7.53. The second-order valence-corrected chi connectivity index (χ2v) is 6.23. The Morgan fingerprint density at radius 3 is 2.57 bits per heavy atom. The number of alkyl halides is 3. The summed E-state index contributed by atoms with van der Waals surface area (Å²) in [4.78, 5) is 1.48. The predicted octanol–water partition coefficient (Wildman–Crippen LogP) is 3.37. The van der Waals surface area contributed by atoms with Gasteiger partial charge in [-0.3, -0.25) is 4.90 Å². The molecule has 0 atom stereocenters. The molecule has 3 rings (SSSR count). The van der Waals surface area contributed by atoms with Crippen LogP contribution in [0.1, 0.15) is 42.8 Å². The third-order valence-corrected chi connectivity index (χ3v) is 4.00. The zero-order chi connectivity index (χ0) is 15.0. The maximum Gasteiger partial charge on any atom is 0.401 e. The van der Waals surface area contributed by atoms with Crippen LogP contribution in [-0.2, 0) is 13.1 Å². The van der Waals surface area contributed by atoms with Gasteiger partial charge in [0.05, 0.1) is 19.6 Å². The molecule has 2 fully saturated rings. The van der Waals surface area contributed by atoms with Crippen molar-refractivity contribution in [3.63, 3.8) is 0 Å². The van der Waals surface area contributed by atoms with Crippen molar-refractivity contribution < 1.29 is 17.6 Å². The van der Waals surface area contributed by atoms with Crippen LogP contribution in [0.5, 0.6) is 0 Å². The van der Waals surface area contributed by atoms with Crippen LogP contribution in [0.2, 0.25) is 0 Å². The molecule has 2 saturated carbocycles. The number of aryl methyl sites for hydroxylation is 1. The molecule has 0 aromatic carbocycles. The average Bonchev–Trinajstić information content (AvgIpc) is 3.24. The van der Waals surface area contributed by atoms with Crippen LogP contribution in [0.4, 0.5) is 13.2 Å². The normalized spacial score (nSPS) is 19.5. The van der Waals surface area contributed by atoms with E-state index in [1.54, 1.807) is 0 Å². The number of halogens is 3. The van der Waals surface area contributed by atoms with Crippen molar-refractivity contribution in [2.45, 2.75) is 64.0 Å². The molecule has 0 radical (unpaired) electrons. The molecule has 0 amide bonds. The zero-order valence-electron chi connectivity index (χ0n) is 12.2. The van der Waals surface area contributed by atoms with Crippen LogP contribution in [-0.4, -0.2) is 29.7 Å². The molecule has 2 aliphatic carbocycles. The lowest BCUT2D eigenvalue weighted by Crippen LogP contribution is -2.35. The summed E-state index contributed by atoms with van der Waals surface area (Å²) in [6.45, 7) is 2.00. The highest BCUT2D eigenvalue weighted by atomic mass is 19.4. The molecule has 21 heavy (non-hydrogen) atoms. The highest BCUT2D eigenvalue weighted by Crippen LogP contribution is 2.32. The van der Waals surface area contributed by atoms with E-state index < -0.39 is 12.7 Å². The van der Waals surface area contributed by atoms with Crippen molar-refractivity contribution >= 4 is 0 Å². The molecule has 1 aromatic rings. The molecule has 0 aliphatic heterocycles. The van der Waals surface area contributed by atoms with Gasteiger partial charge < -0.3 is 9.73 Å². The molecule has 0 spiro atoms. The highest BCUT2D eigenvalue weighted by molar-refractivity contribution is 5.20. The average molecular weight is 302 g/mol. The van der Waals surface area contributed by atoms with Gasteiger partial charge in [-0.25, -0.2) is 0 Å². The Morgan fingerprint density at radius 2 is 2.00 bits per heavy atom. The van der Waals surface area contributed by atoms with Crippen molar-refractivity contribution in [3.05, 3.63) is 23.2 Å². The maximum absolute atomic E-state index is 12.6. The summed E-state index contributed by atoms with van der Waals surface area (Å²) in [6.07, 6.45) is -0.0420. The van der Waals surface area contributed by atoms with Crippen molar-refractivity contribution in [2.24, 2.45) is 0 Å². The fourth-order valence-electron chi connectivity index (χ4n) is 2.55. The van der Waals surface area contributed by atoms with Gasteiger partial charge in [0, 0.05) is 12.1 Å². The molecular formula is C15H21F3N2O. The van der Waals surface area contributed by atoms with E-state index in [1.165, 1.54) is 17.7 Å². The minimum absolute atomic E-state index is 0.0603. The third kappa shape index (κ3) is 4.48. The lowest BCUT2D eigenvalue weighted by atomic mass is 10.2. The first-order chi connectivity index (χ1) is 9.90. The predicted molar refractivity (Wildman–Crippen MR) is 72.8 cm³/mol. The fraction of sp³-hybridized carbons (Fsp3) is 0.733. The molecule has 0 saturated heterocycles. The standard InChI is InChI=1S/C15H21F3N2O/c1-10-6-13(21-14(10)7-19-11-2-3-11)8-20(12-4-5-12)9-15(16,17)18/h6,11-12,19H,2-5,7-9H2,1H3. The van der Waals surface area contributed by atoms with Crippen LogP contribution < -0.4 is 5.32 Å². The topological polar surface area (TPSA) is 28.4 Å². The molecule has 0 unspecified atom stereocenters. The maximum atomic E-state index is 12.6. The molecule has 6 heteroatoms. The van der Waals surface area contributed by atoms with E-state index in [4.69, 9.17) is 4.42 Å². The highest BCUT2D eigenvalue weighted by Gasteiger charge is 2.38. The number of nitrogens with zero attached hydrogens (tertiary/aromatic N) is 1. The summed E-state index contributed by atoms with van der Waals surface area (Å²) in [5, 5.41) is 3.37. The third-order valence-electron chi connectivity index (χ3n) is 4.00. The summed E-state index contributed by atoms with van der Waals surface area (Å²) >= 11 is 0. The van der Waals surface area contributed by atoms with E-state index >= 15 is 0 Å². The number of hydrogen-bond donors (Lipinski definition) is 1. The summed E-state index contributed by atoms with van der Waals surface area (Å²) < 4.78 is 43.6. The van der Waals surface area contributed by atoms with Gasteiger partial charge in [-0.1, -0.05) is 0 Å². The van der Waals surface area contributed by atoms with Crippen LogP contribution in [0.25, 0.3) is 0 Å². The molecule has 0 bridgehead atoms. The fourth-order valence-corrected chi connectivity index (χ4v) is 2.55. The molecule has 1 aromatic heterocycles. The number of rotatable bonds is 7. The van der Waals surface area contributed by atoms with E-state index in [2.05, 4.69) is 5.32 Å². The van der Waals surface area contributed by atoms with E-state index in [1.807, 2.05) is 13.0 Å². The number of furan rings is 1. The van der Waals surface area contributed by atoms with Gasteiger partial charge >= 0.3 is 6.18 Å². The van der Waals surface area contributed by atoms with Crippen molar-refractivity contribution in [1.29, 1.82) is 0 Å². The summed E-state index contributed by atoms with van der Waals surface area (Å²) in [7, 11) is 0. The Labute approximate surface area is 122 Å². The van der Waals surface area contributed by atoms with E-state index in [0.29, 0.717) is 18.3 Å². The van der Waals surface area contributed by atoms with Gasteiger partial charge in [0.2, 0.25) is 0 Å².